The highest BCUT2D eigenvalue weighted by molar-refractivity contribution is 5.97. The number of hydrogen-bond acceptors (Lipinski definition) is 7. The largest absolute Gasteiger partial charge is 0.394 e. The number of aliphatic hydroxyl groups excluding tert-OH is 1. The van der Waals surface area contributed by atoms with Crippen molar-refractivity contribution in [2.75, 3.05) is 49.1 Å². The lowest BCUT2D eigenvalue weighted by molar-refractivity contribution is 0.0697. The number of pyridine rings is 1. The summed E-state index contributed by atoms with van der Waals surface area (Å²) in [5.41, 5.74) is 5.32. The first-order chi connectivity index (χ1) is 18.9. The summed E-state index contributed by atoms with van der Waals surface area (Å²) in [6, 6.07) is 6.67. The Kier molecular flexibility index (Phi) is 8.07. The predicted octanol–water partition coefficient (Wildman–Crippen LogP) is 3.72. The van der Waals surface area contributed by atoms with Crippen LogP contribution in [0.1, 0.15) is 45.5 Å². The van der Waals surface area contributed by atoms with Gasteiger partial charge in [-0.25, -0.2) is 19.3 Å². The fraction of sp³-hybridized carbons (Fsp3) is 0.467. The first-order valence-electron chi connectivity index (χ1n) is 13.8. The standard InChI is InChI=1S/C30H37FN6O2/c1-20-15-21(2)28(22(3)26(20)16-23-7-11-35(12-8-23)30-32-9-4-10-33-30)29(39)36-13-14-37(25(18-36)19-38)27-6-5-24(31)17-34-27/h4-6,9-10,15,17,23,25,38H,7-8,11-14,16,18-19H2,1-3H3/t25-/m0/s1. The third kappa shape index (κ3) is 5.73. The highest BCUT2D eigenvalue weighted by Gasteiger charge is 2.32. The van der Waals surface area contributed by atoms with Gasteiger partial charge in [0.2, 0.25) is 5.95 Å². The Labute approximate surface area is 229 Å². The molecule has 2 aromatic heterocycles. The van der Waals surface area contributed by atoms with E-state index in [9.17, 15) is 14.3 Å². The van der Waals surface area contributed by atoms with Crippen LogP contribution in [0.5, 0.6) is 0 Å². The zero-order valence-electron chi connectivity index (χ0n) is 23.0. The summed E-state index contributed by atoms with van der Waals surface area (Å²) < 4.78 is 13.4. The normalized spacial score (nSPS) is 18.5. The van der Waals surface area contributed by atoms with Gasteiger partial charge in [0.15, 0.2) is 0 Å². The van der Waals surface area contributed by atoms with Gasteiger partial charge >= 0.3 is 0 Å². The van der Waals surface area contributed by atoms with Crippen LogP contribution in [-0.2, 0) is 6.42 Å². The predicted molar refractivity (Wildman–Crippen MR) is 150 cm³/mol. The van der Waals surface area contributed by atoms with Crippen molar-refractivity contribution in [1.82, 2.24) is 19.9 Å². The van der Waals surface area contributed by atoms with Gasteiger partial charge < -0.3 is 19.8 Å². The molecule has 4 heterocycles. The molecule has 206 valence electrons. The summed E-state index contributed by atoms with van der Waals surface area (Å²) in [6.45, 7) is 9.40. The molecule has 8 nitrogen and oxygen atoms in total. The molecule has 0 spiro atoms. The molecule has 0 aliphatic carbocycles. The van der Waals surface area contributed by atoms with Gasteiger partial charge in [-0.2, -0.15) is 0 Å². The van der Waals surface area contributed by atoms with Gasteiger partial charge in [0.25, 0.3) is 5.91 Å². The molecule has 2 aliphatic heterocycles. The van der Waals surface area contributed by atoms with Crippen molar-refractivity contribution in [3.05, 3.63) is 76.5 Å². The summed E-state index contributed by atoms with van der Waals surface area (Å²) in [5, 5.41) is 10.1. The minimum atomic E-state index is -0.398. The maximum absolute atomic E-state index is 13.9. The third-order valence-electron chi connectivity index (χ3n) is 8.27. The Morgan fingerprint density at radius 2 is 1.77 bits per heavy atom. The summed E-state index contributed by atoms with van der Waals surface area (Å²) in [5.74, 6) is 1.55. The van der Waals surface area contributed by atoms with Gasteiger partial charge in [0.05, 0.1) is 18.8 Å². The lowest BCUT2D eigenvalue weighted by Gasteiger charge is -2.41. The molecule has 1 atom stereocenters. The lowest BCUT2D eigenvalue weighted by Crippen LogP contribution is -2.56. The molecular weight excluding hydrogens is 495 g/mol. The molecule has 9 heteroatoms. The molecule has 2 fully saturated rings. The highest BCUT2D eigenvalue weighted by atomic mass is 19.1. The monoisotopic (exact) mass is 532 g/mol. The summed E-state index contributed by atoms with van der Waals surface area (Å²) in [4.78, 5) is 32.9. The van der Waals surface area contributed by atoms with E-state index in [0.29, 0.717) is 31.4 Å². The molecule has 1 aromatic carbocycles. The number of aromatic nitrogens is 3. The SMILES string of the molecule is Cc1cc(C)c(C(=O)N2CCN(c3ccc(F)cn3)[C@H](CO)C2)c(C)c1CC1CCN(c2ncccn2)CC1. The molecule has 0 unspecified atom stereocenters. The van der Waals surface area contributed by atoms with Crippen molar-refractivity contribution >= 4 is 17.7 Å². The molecule has 39 heavy (non-hydrogen) atoms. The zero-order chi connectivity index (χ0) is 27.5. The fourth-order valence-corrected chi connectivity index (χ4v) is 6.14. The zero-order valence-corrected chi connectivity index (χ0v) is 23.0. The number of piperidine rings is 1. The van der Waals surface area contributed by atoms with Crippen LogP contribution in [0.4, 0.5) is 16.2 Å². The van der Waals surface area contributed by atoms with Crippen molar-refractivity contribution in [1.29, 1.82) is 0 Å². The number of carbonyl (C=O) groups is 1. The van der Waals surface area contributed by atoms with Crippen molar-refractivity contribution in [3.8, 4) is 0 Å². The molecule has 3 aromatic rings. The number of anilines is 2. The Morgan fingerprint density at radius 3 is 2.44 bits per heavy atom. The summed E-state index contributed by atoms with van der Waals surface area (Å²) in [6.07, 6.45) is 7.83. The number of hydrogen-bond donors (Lipinski definition) is 1. The van der Waals surface area contributed by atoms with Gasteiger partial charge in [-0.3, -0.25) is 4.79 Å². The van der Waals surface area contributed by atoms with E-state index in [1.165, 1.54) is 23.4 Å². The van der Waals surface area contributed by atoms with Crippen LogP contribution < -0.4 is 9.80 Å². The smallest absolute Gasteiger partial charge is 0.254 e. The van der Waals surface area contributed by atoms with Crippen LogP contribution in [0.25, 0.3) is 0 Å². The van der Waals surface area contributed by atoms with E-state index in [-0.39, 0.29) is 18.6 Å². The van der Waals surface area contributed by atoms with E-state index in [1.54, 1.807) is 18.5 Å². The van der Waals surface area contributed by atoms with E-state index in [2.05, 4.69) is 39.8 Å². The van der Waals surface area contributed by atoms with Gasteiger partial charge in [-0.05, 0) is 86.4 Å². The van der Waals surface area contributed by atoms with Crippen LogP contribution in [0.3, 0.4) is 0 Å². The number of nitrogens with zero attached hydrogens (tertiary/aromatic N) is 6. The van der Waals surface area contributed by atoms with Crippen molar-refractivity contribution in [2.45, 2.75) is 46.1 Å². The van der Waals surface area contributed by atoms with E-state index in [1.807, 2.05) is 22.8 Å². The van der Waals surface area contributed by atoms with E-state index in [0.717, 1.165) is 55.0 Å². The van der Waals surface area contributed by atoms with Gasteiger partial charge in [0, 0.05) is 50.7 Å². The lowest BCUT2D eigenvalue weighted by atomic mass is 9.84. The first-order valence-corrected chi connectivity index (χ1v) is 13.8. The summed E-state index contributed by atoms with van der Waals surface area (Å²) >= 11 is 0. The fourth-order valence-electron chi connectivity index (χ4n) is 6.14. The van der Waals surface area contributed by atoms with E-state index < -0.39 is 5.82 Å². The van der Waals surface area contributed by atoms with Crippen LogP contribution >= 0.6 is 0 Å². The average molecular weight is 533 g/mol. The van der Waals surface area contributed by atoms with Gasteiger partial charge in [-0.15, -0.1) is 0 Å². The molecule has 5 rings (SSSR count). The number of piperazine rings is 1. The highest BCUT2D eigenvalue weighted by Crippen LogP contribution is 2.31. The Morgan fingerprint density at radius 1 is 1.03 bits per heavy atom. The van der Waals surface area contributed by atoms with Crippen LogP contribution in [0.2, 0.25) is 0 Å². The number of halogens is 1. The third-order valence-corrected chi connectivity index (χ3v) is 8.27. The number of rotatable bonds is 6. The first kappa shape index (κ1) is 27.0. The molecule has 0 bridgehead atoms. The molecule has 0 saturated carbocycles. The van der Waals surface area contributed by atoms with Crippen LogP contribution in [-0.4, -0.2) is 76.2 Å². The molecule has 1 N–H and O–H groups in total. The van der Waals surface area contributed by atoms with Crippen LogP contribution in [0, 0.1) is 32.5 Å². The Bertz CT molecular complexity index is 1300. The maximum atomic E-state index is 13.9. The molecule has 2 aliphatic rings. The number of aliphatic hydroxyl groups is 1. The average Bonchev–Trinajstić information content (AvgIpc) is 2.96. The molecule has 1 amide bonds. The van der Waals surface area contributed by atoms with Crippen molar-refractivity contribution in [3.63, 3.8) is 0 Å². The second-order valence-corrected chi connectivity index (χ2v) is 10.8. The van der Waals surface area contributed by atoms with Gasteiger partial charge in [-0.1, -0.05) is 6.07 Å². The van der Waals surface area contributed by atoms with Crippen LogP contribution in [0.15, 0.2) is 42.9 Å². The van der Waals surface area contributed by atoms with Gasteiger partial charge in [0.1, 0.15) is 11.6 Å². The summed E-state index contributed by atoms with van der Waals surface area (Å²) in [7, 11) is 0. The minimum absolute atomic E-state index is 0.00691. The molecule has 2 saturated heterocycles. The van der Waals surface area contributed by atoms with E-state index >= 15 is 0 Å². The Hall–Kier alpha value is -3.59. The molecule has 0 radical (unpaired) electrons. The van der Waals surface area contributed by atoms with E-state index in [4.69, 9.17) is 0 Å². The number of aryl methyl sites for hydroxylation is 2. The maximum Gasteiger partial charge on any atom is 0.254 e. The van der Waals surface area contributed by atoms with Crippen molar-refractivity contribution in [2.24, 2.45) is 5.92 Å². The quantitative estimate of drug-likeness (QED) is 0.518. The topological polar surface area (TPSA) is 85.7 Å². The molecular formula is C30H37FN6O2. The van der Waals surface area contributed by atoms with Crippen molar-refractivity contribution < 1.29 is 14.3 Å². The number of amides is 1. The second kappa shape index (κ2) is 11.7. The number of benzene rings is 1. The minimum Gasteiger partial charge on any atom is -0.394 e. The number of carbonyl (C=O) groups excluding carboxylic acids is 1. The Balaban J connectivity index is 1.29. The second-order valence-electron chi connectivity index (χ2n) is 10.8.